The molecule has 1 aliphatic rings. The Labute approximate surface area is 154 Å². The van der Waals surface area contributed by atoms with Gasteiger partial charge < -0.3 is 10.2 Å². The van der Waals surface area contributed by atoms with Crippen LogP contribution in [0.3, 0.4) is 0 Å². The van der Waals surface area contributed by atoms with Crippen LogP contribution in [0.2, 0.25) is 0 Å². The van der Waals surface area contributed by atoms with Crippen molar-refractivity contribution in [3.05, 3.63) is 71.8 Å². The molecule has 2 aromatic carbocycles. The second kappa shape index (κ2) is 7.56. The topological polar surface area (TPSA) is 41.1 Å². The van der Waals surface area contributed by atoms with Crippen LogP contribution in [0.5, 0.6) is 0 Å². The summed E-state index contributed by atoms with van der Waals surface area (Å²) in [5, 5.41) is 3.48. The van der Waals surface area contributed by atoms with Crippen LogP contribution in [0.4, 0.5) is 11.8 Å². The Bertz CT molecular complexity index is 870. The minimum atomic E-state index is 0.756. The predicted molar refractivity (Wildman–Crippen MR) is 107 cm³/mol. The van der Waals surface area contributed by atoms with Crippen LogP contribution in [-0.4, -0.2) is 23.1 Å². The third kappa shape index (κ3) is 3.85. The average molecular weight is 344 g/mol. The van der Waals surface area contributed by atoms with Gasteiger partial charge in [0.1, 0.15) is 5.82 Å². The van der Waals surface area contributed by atoms with Gasteiger partial charge in [0.25, 0.3) is 0 Å². The molecule has 2 heterocycles. The van der Waals surface area contributed by atoms with E-state index in [-0.39, 0.29) is 0 Å². The number of hydrogen-bond acceptors (Lipinski definition) is 4. The Morgan fingerprint density at radius 1 is 0.923 bits per heavy atom. The van der Waals surface area contributed by atoms with E-state index < -0.39 is 0 Å². The highest BCUT2D eigenvalue weighted by Gasteiger charge is 2.17. The molecule has 0 bridgehead atoms. The first kappa shape index (κ1) is 16.6. The van der Waals surface area contributed by atoms with Crippen LogP contribution in [0.1, 0.15) is 24.0 Å². The molecular formula is C22H24N4. The fourth-order valence-corrected chi connectivity index (χ4v) is 3.36. The maximum Gasteiger partial charge on any atom is 0.227 e. The number of nitrogens with one attached hydrogen (secondary N) is 1. The molecule has 0 atom stereocenters. The summed E-state index contributed by atoms with van der Waals surface area (Å²) >= 11 is 0. The van der Waals surface area contributed by atoms with E-state index >= 15 is 0 Å². The Morgan fingerprint density at radius 2 is 1.73 bits per heavy atom. The van der Waals surface area contributed by atoms with Gasteiger partial charge in [0.2, 0.25) is 5.95 Å². The van der Waals surface area contributed by atoms with Crippen molar-refractivity contribution in [2.45, 2.75) is 26.3 Å². The lowest BCUT2D eigenvalue weighted by atomic mass is 10.1. The molecule has 1 saturated heterocycles. The fourth-order valence-electron chi connectivity index (χ4n) is 3.36. The molecule has 132 valence electrons. The third-order valence-corrected chi connectivity index (χ3v) is 4.73. The summed E-state index contributed by atoms with van der Waals surface area (Å²) in [7, 11) is 0. The number of anilines is 2. The van der Waals surface area contributed by atoms with Crippen molar-refractivity contribution in [2.75, 3.05) is 23.3 Å². The van der Waals surface area contributed by atoms with E-state index in [9.17, 15) is 0 Å². The fraction of sp³-hybridized carbons (Fsp3) is 0.273. The van der Waals surface area contributed by atoms with Gasteiger partial charge >= 0.3 is 0 Å². The number of nitrogens with zero attached hydrogens (tertiary/aromatic N) is 3. The van der Waals surface area contributed by atoms with Gasteiger partial charge in [-0.15, -0.1) is 0 Å². The van der Waals surface area contributed by atoms with Crippen LogP contribution >= 0.6 is 0 Å². The maximum atomic E-state index is 4.83. The third-order valence-electron chi connectivity index (χ3n) is 4.73. The zero-order valence-corrected chi connectivity index (χ0v) is 15.2. The number of aromatic nitrogens is 2. The highest BCUT2D eigenvalue weighted by molar-refractivity contribution is 5.64. The lowest BCUT2D eigenvalue weighted by Crippen LogP contribution is -2.21. The Balaban J connectivity index is 1.63. The minimum Gasteiger partial charge on any atom is -0.366 e. The molecule has 0 saturated carbocycles. The van der Waals surface area contributed by atoms with E-state index in [1.807, 2.05) is 24.3 Å². The van der Waals surface area contributed by atoms with E-state index in [2.05, 4.69) is 53.5 Å². The molecule has 4 nitrogen and oxygen atoms in total. The summed E-state index contributed by atoms with van der Waals surface area (Å²) in [6, 6.07) is 20.9. The summed E-state index contributed by atoms with van der Waals surface area (Å²) < 4.78 is 0. The number of rotatable bonds is 5. The van der Waals surface area contributed by atoms with Gasteiger partial charge in [0, 0.05) is 31.3 Å². The summed E-state index contributed by atoms with van der Waals surface area (Å²) in [6.07, 6.45) is 2.43. The lowest BCUT2D eigenvalue weighted by Gasteiger charge is -2.18. The molecule has 0 unspecified atom stereocenters. The molecule has 0 radical (unpaired) electrons. The Hall–Kier alpha value is -2.88. The Kier molecular flexibility index (Phi) is 4.82. The summed E-state index contributed by atoms with van der Waals surface area (Å²) in [6.45, 7) is 4.95. The van der Waals surface area contributed by atoms with Gasteiger partial charge in [-0.2, -0.15) is 4.98 Å². The van der Waals surface area contributed by atoms with Crippen LogP contribution < -0.4 is 10.2 Å². The summed E-state index contributed by atoms with van der Waals surface area (Å²) in [4.78, 5) is 11.9. The Morgan fingerprint density at radius 3 is 2.50 bits per heavy atom. The SMILES string of the molecule is Cc1cccc(CNc2cc(-c3ccccc3)nc(N3CCCC3)n2)c1. The molecule has 1 fully saturated rings. The van der Waals surface area contributed by atoms with Gasteiger partial charge in [0.15, 0.2) is 0 Å². The quantitative estimate of drug-likeness (QED) is 0.730. The van der Waals surface area contributed by atoms with Crippen LogP contribution in [0.25, 0.3) is 11.3 Å². The molecule has 26 heavy (non-hydrogen) atoms. The molecule has 3 aromatic rings. The van der Waals surface area contributed by atoms with Crippen LogP contribution in [0.15, 0.2) is 60.7 Å². The predicted octanol–water partition coefficient (Wildman–Crippen LogP) is 4.66. The first-order chi connectivity index (χ1) is 12.8. The van der Waals surface area contributed by atoms with E-state index in [0.717, 1.165) is 42.7 Å². The number of benzene rings is 2. The molecule has 4 heteroatoms. The van der Waals surface area contributed by atoms with E-state index in [0.29, 0.717) is 0 Å². The standard InChI is InChI=1S/C22H24N4/c1-17-8-7-9-18(14-17)16-23-21-15-20(19-10-3-2-4-11-19)24-22(25-21)26-12-5-6-13-26/h2-4,7-11,14-15H,5-6,12-13,16H2,1H3,(H,23,24,25). The van der Waals surface area contributed by atoms with E-state index in [1.165, 1.54) is 24.0 Å². The van der Waals surface area contributed by atoms with Crippen molar-refractivity contribution in [3.8, 4) is 11.3 Å². The van der Waals surface area contributed by atoms with Crippen molar-refractivity contribution in [2.24, 2.45) is 0 Å². The molecule has 1 aromatic heterocycles. The highest BCUT2D eigenvalue weighted by Crippen LogP contribution is 2.25. The van der Waals surface area contributed by atoms with E-state index in [4.69, 9.17) is 9.97 Å². The highest BCUT2D eigenvalue weighted by atomic mass is 15.3. The average Bonchev–Trinajstić information content (AvgIpc) is 3.22. The lowest BCUT2D eigenvalue weighted by molar-refractivity contribution is 0.898. The normalized spacial score (nSPS) is 13.8. The molecular weight excluding hydrogens is 320 g/mol. The van der Waals surface area contributed by atoms with Gasteiger partial charge in [-0.25, -0.2) is 4.98 Å². The van der Waals surface area contributed by atoms with Crippen LogP contribution in [-0.2, 0) is 6.54 Å². The molecule has 1 N–H and O–H groups in total. The second-order valence-corrected chi connectivity index (χ2v) is 6.84. The van der Waals surface area contributed by atoms with Crippen LogP contribution in [0, 0.1) is 6.92 Å². The maximum absolute atomic E-state index is 4.83. The second-order valence-electron chi connectivity index (χ2n) is 6.84. The summed E-state index contributed by atoms with van der Waals surface area (Å²) in [5.74, 6) is 1.71. The first-order valence-electron chi connectivity index (χ1n) is 9.27. The summed E-state index contributed by atoms with van der Waals surface area (Å²) in [5.41, 5.74) is 4.62. The van der Waals surface area contributed by atoms with Crippen molar-refractivity contribution in [1.82, 2.24) is 9.97 Å². The molecule has 0 aliphatic carbocycles. The van der Waals surface area contributed by atoms with Crippen molar-refractivity contribution >= 4 is 11.8 Å². The number of aryl methyl sites for hydroxylation is 1. The smallest absolute Gasteiger partial charge is 0.227 e. The van der Waals surface area contributed by atoms with Gasteiger partial charge in [0.05, 0.1) is 5.69 Å². The minimum absolute atomic E-state index is 0.756. The molecule has 0 spiro atoms. The van der Waals surface area contributed by atoms with Crippen molar-refractivity contribution in [1.29, 1.82) is 0 Å². The molecule has 0 amide bonds. The zero-order valence-electron chi connectivity index (χ0n) is 15.2. The van der Waals surface area contributed by atoms with Gasteiger partial charge in [-0.05, 0) is 25.3 Å². The first-order valence-corrected chi connectivity index (χ1v) is 9.27. The van der Waals surface area contributed by atoms with E-state index in [1.54, 1.807) is 0 Å². The zero-order chi connectivity index (χ0) is 17.8. The molecule has 4 rings (SSSR count). The monoisotopic (exact) mass is 344 g/mol. The molecule has 1 aliphatic heterocycles. The van der Waals surface area contributed by atoms with Crippen molar-refractivity contribution in [3.63, 3.8) is 0 Å². The largest absolute Gasteiger partial charge is 0.366 e. The van der Waals surface area contributed by atoms with Gasteiger partial charge in [-0.1, -0.05) is 60.2 Å². The number of hydrogen-bond donors (Lipinski definition) is 1. The van der Waals surface area contributed by atoms with Gasteiger partial charge in [-0.3, -0.25) is 0 Å². The van der Waals surface area contributed by atoms with Crippen molar-refractivity contribution < 1.29 is 0 Å².